The Balaban J connectivity index is 1.84. The first kappa shape index (κ1) is 17.9. The number of aliphatic imine (C=N–C) groups is 1. The lowest BCUT2D eigenvalue weighted by molar-refractivity contribution is 0.0526. The highest BCUT2D eigenvalue weighted by molar-refractivity contribution is 8.18. The number of nitrogens with zero attached hydrogens (tertiary/aromatic N) is 1. The molecule has 132 valence electrons. The maximum Gasteiger partial charge on any atom is 0.338 e. The largest absolute Gasteiger partial charge is 0.462 e. The number of esters is 1. The van der Waals surface area contributed by atoms with Gasteiger partial charge in [-0.05, 0) is 66.7 Å². The number of halogens is 1. The molecule has 0 radical (unpaired) electrons. The molecule has 3 rings (SSSR count). The number of carbonyl (C=O) groups excluding carboxylic acids is 2. The quantitative estimate of drug-likeness (QED) is 0.803. The topological polar surface area (TPSA) is 67.8 Å². The summed E-state index contributed by atoms with van der Waals surface area (Å²) in [5.41, 5.74) is 1.78. The highest BCUT2D eigenvalue weighted by Gasteiger charge is 2.23. The van der Waals surface area contributed by atoms with Crippen molar-refractivity contribution in [2.45, 2.75) is 6.92 Å². The summed E-state index contributed by atoms with van der Waals surface area (Å²) in [4.78, 5) is 28.4. The number of carbonyl (C=O) groups is 2. The van der Waals surface area contributed by atoms with Crippen molar-refractivity contribution in [1.82, 2.24) is 5.32 Å². The fourth-order valence-electron chi connectivity index (χ4n) is 2.24. The van der Waals surface area contributed by atoms with Crippen molar-refractivity contribution in [1.29, 1.82) is 0 Å². The van der Waals surface area contributed by atoms with Gasteiger partial charge in [0, 0.05) is 0 Å². The second-order valence-corrected chi connectivity index (χ2v) is 6.32. The number of amides is 1. The van der Waals surface area contributed by atoms with E-state index in [1.165, 1.54) is 12.1 Å². The maximum absolute atomic E-state index is 13.0. The minimum absolute atomic E-state index is 0.236. The van der Waals surface area contributed by atoms with Crippen LogP contribution in [-0.4, -0.2) is 23.7 Å². The summed E-state index contributed by atoms with van der Waals surface area (Å²) in [7, 11) is 0. The standard InChI is InChI=1S/C19H15FN2O3S/c1-2-25-18(23)13-5-9-15(10-6-13)21-17-16(26-19(24)22-17)11-12-3-7-14(20)8-4-12/h3-11H,2H2,1H3,(H,21,22,24)/b16-11-. The van der Waals surface area contributed by atoms with E-state index in [2.05, 4.69) is 10.3 Å². The van der Waals surface area contributed by atoms with Crippen LogP contribution in [0.4, 0.5) is 14.9 Å². The number of nitrogens with one attached hydrogen (secondary N) is 1. The van der Waals surface area contributed by atoms with Crippen molar-refractivity contribution < 1.29 is 18.7 Å². The van der Waals surface area contributed by atoms with Crippen LogP contribution < -0.4 is 5.32 Å². The lowest BCUT2D eigenvalue weighted by Crippen LogP contribution is -2.18. The Hall–Kier alpha value is -2.93. The number of hydrogen-bond acceptors (Lipinski definition) is 5. The van der Waals surface area contributed by atoms with Crippen molar-refractivity contribution in [3.63, 3.8) is 0 Å². The predicted molar refractivity (Wildman–Crippen MR) is 100.0 cm³/mol. The Kier molecular flexibility index (Phi) is 5.48. The molecule has 1 fully saturated rings. The lowest BCUT2D eigenvalue weighted by atomic mass is 10.2. The van der Waals surface area contributed by atoms with Crippen molar-refractivity contribution >= 4 is 40.6 Å². The number of thioether (sulfide) groups is 1. The Morgan fingerprint density at radius 2 is 1.88 bits per heavy atom. The van der Waals surface area contributed by atoms with Gasteiger partial charge in [0.05, 0.1) is 22.8 Å². The average molecular weight is 370 g/mol. The van der Waals surface area contributed by atoms with E-state index >= 15 is 0 Å². The van der Waals surface area contributed by atoms with E-state index in [1.54, 1.807) is 49.4 Å². The Morgan fingerprint density at radius 3 is 2.54 bits per heavy atom. The molecule has 0 aromatic heterocycles. The molecule has 1 aliphatic heterocycles. The summed E-state index contributed by atoms with van der Waals surface area (Å²) in [6.07, 6.45) is 1.76. The van der Waals surface area contributed by atoms with Crippen LogP contribution in [0.3, 0.4) is 0 Å². The molecule has 0 unspecified atom stereocenters. The second-order valence-electron chi connectivity index (χ2n) is 5.30. The predicted octanol–water partition coefficient (Wildman–Crippen LogP) is 4.53. The van der Waals surface area contributed by atoms with Crippen LogP contribution in [0.5, 0.6) is 0 Å². The first-order valence-electron chi connectivity index (χ1n) is 7.87. The molecule has 0 saturated carbocycles. The van der Waals surface area contributed by atoms with E-state index in [0.717, 1.165) is 17.3 Å². The molecule has 0 aliphatic carbocycles. The zero-order valence-electron chi connectivity index (χ0n) is 13.9. The third-order valence-electron chi connectivity index (χ3n) is 3.44. The summed E-state index contributed by atoms with van der Waals surface area (Å²) < 4.78 is 18.0. The maximum atomic E-state index is 13.0. The molecular weight excluding hydrogens is 355 g/mol. The zero-order chi connectivity index (χ0) is 18.5. The first-order chi connectivity index (χ1) is 12.5. The van der Waals surface area contributed by atoms with E-state index in [4.69, 9.17) is 4.74 Å². The van der Waals surface area contributed by atoms with Crippen LogP contribution in [0.2, 0.25) is 0 Å². The molecule has 1 N–H and O–H groups in total. The van der Waals surface area contributed by atoms with Crippen LogP contribution in [0, 0.1) is 5.82 Å². The molecular formula is C19H15FN2O3S. The van der Waals surface area contributed by atoms with Gasteiger partial charge in [-0.2, -0.15) is 0 Å². The number of amidine groups is 1. The Morgan fingerprint density at radius 1 is 1.19 bits per heavy atom. The molecule has 0 atom stereocenters. The van der Waals surface area contributed by atoms with Crippen molar-refractivity contribution in [3.8, 4) is 0 Å². The SMILES string of the molecule is CCOC(=O)c1ccc(N=C2NC(=O)S/C2=C\c2ccc(F)cc2)cc1. The Bertz CT molecular complexity index is 890. The summed E-state index contributed by atoms with van der Waals surface area (Å²) in [5, 5.41) is 2.45. The molecule has 1 saturated heterocycles. The van der Waals surface area contributed by atoms with Crippen molar-refractivity contribution in [2.24, 2.45) is 4.99 Å². The van der Waals surface area contributed by atoms with E-state index in [-0.39, 0.29) is 11.1 Å². The van der Waals surface area contributed by atoms with Gasteiger partial charge in [-0.15, -0.1) is 0 Å². The third kappa shape index (κ3) is 4.37. The number of benzene rings is 2. The van der Waals surface area contributed by atoms with E-state index in [1.807, 2.05) is 0 Å². The van der Waals surface area contributed by atoms with Crippen LogP contribution in [0.15, 0.2) is 58.4 Å². The second kappa shape index (κ2) is 7.97. The molecule has 26 heavy (non-hydrogen) atoms. The fourth-order valence-corrected chi connectivity index (χ4v) is 2.97. The molecule has 5 nitrogen and oxygen atoms in total. The van der Waals surface area contributed by atoms with Gasteiger partial charge < -0.3 is 10.1 Å². The van der Waals surface area contributed by atoms with Crippen LogP contribution in [0.25, 0.3) is 6.08 Å². The number of hydrogen-bond donors (Lipinski definition) is 1. The normalized spacial score (nSPS) is 16.8. The molecule has 1 amide bonds. The summed E-state index contributed by atoms with van der Waals surface area (Å²) in [6.45, 7) is 2.05. The monoisotopic (exact) mass is 370 g/mol. The van der Waals surface area contributed by atoms with E-state index in [0.29, 0.717) is 28.6 Å². The van der Waals surface area contributed by atoms with Gasteiger partial charge in [-0.1, -0.05) is 12.1 Å². The van der Waals surface area contributed by atoms with Crippen molar-refractivity contribution in [3.05, 3.63) is 70.4 Å². The molecule has 7 heteroatoms. The van der Waals surface area contributed by atoms with Crippen LogP contribution >= 0.6 is 11.8 Å². The van der Waals surface area contributed by atoms with E-state index < -0.39 is 5.97 Å². The van der Waals surface area contributed by atoms with Gasteiger partial charge in [-0.3, -0.25) is 4.79 Å². The van der Waals surface area contributed by atoms with Crippen LogP contribution in [0.1, 0.15) is 22.8 Å². The minimum Gasteiger partial charge on any atom is -0.462 e. The molecule has 2 aromatic rings. The summed E-state index contributed by atoms with van der Waals surface area (Å²) in [6, 6.07) is 12.5. The summed E-state index contributed by atoms with van der Waals surface area (Å²) in [5.74, 6) is -0.308. The van der Waals surface area contributed by atoms with Gasteiger partial charge in [-0.25, -0.2) is 14.2 Å². The number of rotatable bonds is 4. The van der Waals surface area contributed by atoms with Gasteiger partial charge in [0.2, 0.25) is 0 Å². The third-order valence-corrected chi connectivity index (χ3v) is 4.26. The highest BCUT2D eigenvalue weighted by Crippen LogP contribution is 2.28. The van der Waals surface area contributed by atoms with Gasteiger partial charge in [0.25, 0.3) is 5.24 Å². The van der Waals surface area contributed by atoms with Gasteiger partial charge in [0.15, 0.2) is 0 Å². The minimum atomic E-state index is -0.395. The summed E-state index contributed by atoms with van der Waals surface area (Å²) >= 11 is 1.02. The van der Waals surface area contributed by atoms with E-state index in [9.17, 15) is 14.0 Å². The van der Waals surface area contributed by atoms with Gasteiger partial charge in [0.1, 0.15) is 11.7 Å². The molecule has 2 aromatic carbocycles. The molecule has 0 spiro atoms. The average Bonchev–Trinajstić information content (AvgIpc) is 2.97. The highest BCUT2D eigenvalue weighted by atomic mass is 32.2. The van der Waals surface area contributed by atoms with Crippen molar-refractivity contribution in [2.75, 3.05) is 6.61 Å². The smallest absolute Gasteiger partial charge is 0.338 e. The molecule has 1 heterocycles. The fraction of sp³-hybridized carbons (Fsp3) is 0.105. The zero-order valence-corrected chi connectivity index (χ0v) is 14.7. The lowest BCUT2D eigenvalue weighted by Gasteiger charge is -2.03. The van der Waals surface area contributed by atoms with Crippen LogP contribution in [-0.2, 0) is 4.74 Å². The number of ether oxygens (including phenoxy) is 1. The van der Waals surface area contributed by atoms with Gasteiger partial charge >= 0.3 is 5.97 Å². The first-order valence-corrected chi connectivity index (χ1v) is 8.69. The molecule has 0 bridgehead atoms. The Labute approximate surface area is 154 Å². The molecule has 1 aliphatic rings.